The Kier molecular flexibility index (Phi) is 5.13. The smallest absolute Gasteiger partial charge is 0.416 e. The van der Waals surface area contributed by atoms with Gasteiger partial charge in [-0.2, -0.15) is 13.2 Å². The van der Waals surface area contributed by atoms with Crippen LogP contribution < -0.4 is 5.73 Å². The van der Waals surface area contributed by atoms with Gasteiger partial charge in [0.15, 0.2) is 20.6 Å². The SMILES string of the molecule is Cc1cc(N)c2nc1S(=O)(=O)CCCCCC[C@](O)(C(F)(F)F)c1nnc-2o1. The molecule has 0 saturated carbocycles. The van der Waals surface area contributed by atoms with Gasteiger partial charge in [0.2, 0.25) is 5.60 Å². The molecule has 154 valence electrons. The Balaban J connectivity index is 2.20. The number of aryl methyl sites for hydroxylation is 1. The van der Waals surface area contributed by atoms with E-state index in [0.717, 1.165) is 0 Å². The molecule has 0 aliphatic carbocycles. The summed E-state index contributed by atoms with van der Waals surface area (Å²) >= 11 is 0. The van der Waals surface area contributed by atoms with E-state index in [4.69, 9.17) is 10.2 Å². The second kappa shape index (κ2) is 6.99. The maximum absolute atomic E-state index is 13.5. The third kappa shape index (κ3) is 3.58. The van der Waals surface area contributed by atoms with Crippen molar-refractivity contribution in [1.29, 1.82) is 0 Å². The maximum atomic E-state index is 13.5. The number of halogens is 3. The Morgan fingerprint density at radius 1 is 1.21 bits per heavy atom. The summed E-state index contributed by atoms with van der Waals surface area (Å²) in [6.07, 6.45) is -4.79. The topological polar surface area (TPSA) is 132 Å². The molecular formula is C16H19F3N4O4S. The molecule has 0 amide bonds. The van der Waals surface area contributed by atoms with Crippen LogP contribution >= 0.6 is 0 Å². The number of anilines is 1. The number of rotatable bonds is 0. The van der Waals surface area contributed by atoms with Gasteiger partial charge >= 0.3 is 6.18 Å². The van der Waals surface area contributed by atoms with Crippen molar-refractivity contribution >= 4 is 15.5 Å². The van der Waals surface area contributed by atoms with E-state index < -0.39 is 39.8 Å². The first kappa shape index (κ1) is 20.5. The molecule has 1 aliphatic rings. The van der Waals surface area contributed by atoms with Crippen molar-refractivity contribution in [1.82, 2.24) is 15.2 Å². The van der Waals surface area contributed by atoms with Gasteiger partial charge in [0.1, 0.15) is 0 Å². The number of hydrogen-bond acceptors (Lipinski definition) is 8. The third-order valence-corrected chi connectivity index (χ3v) is 6.47. The molecule has 2 aromatic rings. The number of aliphatic hydroxyl groups is 1. The molecule has 0 unspecified atom stereocenters. The third-order valence-electron chi connectivity index (χ3n) is 4.64. The number of sulfone groups is 1. The zero-order valence-electron chi connectivity index (χ0n) is 15.0. The highest BCUT2D eigenvalue weighted by Gasteiger charge is 2.58. The summed E-state index contributed by atoms with van der Waals surface area (Å²) in [5.41, 5.74) is 2.56. The predicted molar refractivity (Wildman–Crippen MR) is 91.8 cm³/mol. The van der Waals surface area contributed by atoms with E-state index in [1.165, 1.54) is 13.0 Å². The van der Waals surface area contributed by atoms with E-state index in [1.54, 1.807) is 0 Å². The monoisotopic (exact) mass is 420 g/mol. The lowest BCUT2D eigenvalue weighted by atomic mass is 9.95. The fraction of sp³-hybridized carbons (Fsp3) is 0.562. The van der Waals surface area contributed by atoms with Crippen LogP contribution in [0.2, 0.25) is 0 Å². The minimum Gasteiger partial charge on any atom is -0.416 e. The fourth-order valence-electron chi connectivity index (χ4n) is 3.08. The number of nitrogens with zero attached hydrogens (tertiary/aromatic N) is 3. The van der Waals surface area contributed by atoms with E-state index in [0.29, 0.717) is 18.4 Å². The number of alkyl halides is 3. The van der Waals surface area contributed by atoms with Gasteiger partial charge in [-0.1, -0.05) is 12.8 Å². The minimum absolute atomic E-state index is 0.00150. The van der Waals surface area contributed by atoms with Crippen molar-refractivity contribution in [2.45, 2.75) is 55.8 Å². The standard InChI is InChI=1S/C16H19F3N4O4S/c1-9-8-10(20)11-12-22-23-14(27-12)15(24,16(17,18)19)6-4-2-3-5-7-28(25,26)13(9)21-11/h8,24H,2-7,20H2,1H3/t15-/m1/s1. The lowest BCUT2D eigenvalue weighted by Crippen LogP contribution is -2.42. The zero-order chi connectivity index (χ0) is 20.7. The molecule has 28 heavy (non-hydrogen) atoms. The first-order chi connectivity index (χ1) is 13.0. The molecule has 8 nitrogen and oxygen atoms in total. The van der Waals surface area contributed by atoms with E-state index in [-0.39, 0.29) is 35.0 Å². The summed E-state index contributed by atoms with van der Waals surface area (Å²) in [4.78, 5) is 4.00. The highest BCUT2D eigenvalue weighted by molar-refractivity contribution is 7.91. The molecule has 1 aliphatic heterocycles. The number of nitrogen functional groups attached to an aromatic ring is 1. The normalized spacial score (nSPS) is 23.2. The van der Waals surface area contributed by atoms with Gasteiger partial charge in [0.05, 0.1) is 11.4 Å². The molecule has 1 atom stereocenters. The summed E-state index contributed by atoms with van der Waals surface area (Å²) in [6, 6.07) is 1.33. The highest BCUT2D eigenvalue weighted by Crippen LogP contribution is 2.43. The van der Waals surface area contributed by atoms with Gasteiger partial charge in [-0.05, 0) is 37.8 Å². The highest BCUT2D eigenvalue weighted by atomic mass is 32.2. The molecular weight excluding hydrogens is 401 g/mol. The molecule has 0 spiro atoms. The van der Waals surface area contributed by atoms with Crippen LogP contribution in [0.3, 0.4) is 0 Å². The quantitative estimate of drug-likeness (QED) is 0.664. The second-order valence-corrected chi connectivity index (χ2v) is 8.83. The van der Waals surface area contributed by atoms with E-state index in [2.05, 4.69) is 15.2 Å². The average molecular weight is 420 g/mol. The van der Waals surface area contributed by atoms with Crippen LogP contribution in [-0.2, 0) is 15.4 Å². The lowest BCUT2D eigenvalue weighted by molar-refractivity contribution is -0.277. The van der Waals surface area contributed by atoms with Crippen LogP contribution in [0.25, 0.3) is 11.6 Å². The molecule has 0 saturated heterocycles. The van der Waals surface area contributed by atoms with Crippen LogP contribution in [0.15, 0.2) is 15.5 Å². The Morgan fingerprint density at radius 3 is 2.57 bits per heavy atom. The van der Waals surface area contributed by atoms with Crippen molar-refractivity contribution in [3.63, 3.8) is 0 Å². The molecule has 0 aromatic carbocycles. The summed E-state index contributed by atoms with van der Waals surface area (Å²) in [5.74, 6) is -1.73. The molecule has 0 fully saturated rings. The first-order valence-corrected chi connectivity index (χ1v) is 10.2. The summed E-state index contributed by atoms with van der Waals surface area (Å²) in [6.45, 7) is 1.52. The number of hydrogen-bond donors (Lipinski definition) is 2. The molecule has 3 rings (SSSR count). The number of nitrogens with two attached hydrogens (primary N) is 1. The van der Waals surface area contributed by atoms with Crippen LogP contribution in [0, 0.1) is 6.92 Å². The summed E-state index contributed by atoms with van der Waals surface area (Å²) < 4.78 is 70.8. The Hall–Kier alpha value is -2.21. The Labute approximate surface area is 158 Å². The molecule has 3 heterocycles. The minimum atomic E-state index is -5.03. The number of pyridine rings is 1. The fourth-order valence-corrected chi connectivity index (χ4v) is 4.64. The number of fused-ring (bicyclic) bond motifs is 5. The van der Waals surface area contributed by atoms with Gasteiger partial charge < -0.3 is 15.3 Å². The Morgan fingerprint density at radius 2 is 1.89 bits per heavy atom. The van der Waals surface area contributed by atoms with Crippen molar-refractivity contribution in [3.05, 3.63) is 17.5 Å². The van der Waals surface area contributed by atoms with Crippen molar-refractivity contribution in [3.8, 4) is 11.6 Å². The van der Waals surface area contributed by atoms with E-state index >= 15 is 0 Å². The van der Waals surface area contributed by atoms with Gasteiger partial charge in [-0.3, -0.25) is 0 Å². The molecule has 12 heteroatoms. The van der Waals surface area contributed by atoms with Gasteiger partial charge in [0, 0.05) is 0 Å². The van der Waals surface area contributed by atoms with Crippen LogP contribution in [0.1, 0.15) is 43.6 Å². The average Bonchev–Trinajstić information content (AvgIpc) is 3.06. The van der Waals surface area contributed by atoms with Crippen molar-refractivity contribution < 1.29 is 31.1 Å². The predicted octanol–water partition coefficient (Wildman–Crippen LogP) is 2.51. The first-order valence-electron chi connectivity index (χ1n) is 8.59. The van der Waals surface area contributed by atoms with Crippen LogP contribution in [-0.4, -0.2) is 40.6 Å². The van der Waals surface area contributed by atoms with Gasteiger partial charge in [-0.15, -0.1) is 10.2 Å². The van der Waals surface area contributed by atoms with Crippen molar-refractivity contribution in [2.75, 3.05) is 11.5 Å². The molecule has 0 radical (unpaired) electrons. The maximum Gasteiger partial charge on any atom is 0.426 e. The summed E-state index contributed by atoms with van der Waals surface area (Å²) in [5, 5.41) is 16.9. The molecule has 4 bridgehead atoms. The van der Waals surface area contributed by atoms with Crippen LogP contribution in [0.4, 0.5) is 18.9 Å². The van der Waals surface area contributed by atoms with Gasteiger partial charge in [-0.25, -0.2) is 13.4 Å². The second-order valence-electron chi connectivity index (χ2n) is 6.80. The largest absolute Gasteiger partial charge is 0.426 e. The number of aromatic nitrogens is 3. The molecule has 3 N–H and O–H groups in total. The van der Waals surface area contributed by atoms with E-state index in [1.807, 2.05) is 0 Å². The van der Waals surface area contributed by atoms with E-state index in [9.17, 15) is 26.7 Å². The molecule has 2 aromatic heterocycles. The summed E-state index contributed by atoms with van der Waals surface area (Å²) in [7, 11) is -3.73. The zero-order valence-corrected chi connectivity index (χ0v) is 15.8. The van der Waals surface area contributed by atoms with Crippen molar-refractivity contribution in [2.24, 2.45) is 0 Å². The lowest BCUT2D eigenvalue weighted by Gasteiger charge is -2.26. The Bertz CT molecular complexity index is 990. The van der Waals surface area contributed by atoms with Gasteiger partial charge in [0.25, 0.3) is 11.8 Å². The van der Waals surface area contributed by atoms with Crippen LogP contribution in [0.5, 0.6) is 0 Å².